The molecule has 0 aromatic carbocycles. The van der Waals surface area contributed by atoms with Gasteiger partial charge >= 0.3 is 0 Å². The molecule has 1 aliphatic rings. The highest BCUT2D eigenvalue weighted by Crippen LogP contribution is 2.13. The maximum absolute atomic E-state index is 8.64. The topological polar surface area (TPSA) is 61.6 Å². The third-order valence-corrected chi connectivity index (χ3v) is 2.11. The number of nitrogens with zero attached hydrogens (tertiary/aromatic N) is 3. The highest BCUT2D eigenvalue weighted by Gasteiger charge is 2.10. The lowest BCUT2D eigenvalue weighted by molar-refractivity contribution is 0.772. The van der Waals surface area contributed by atoms with Crippen molar-refractivity contribution in [2.24, 2.45) is 0 Å². The minimum Gasteiger partial charge on any atom is -0.351 e. The summed E-state index contributed by atoms with van der Waals surface area (Å²) in [7, 11) is 0. The molecule has 0 radical (unpaired) electrons. The molecule has 1 aliphatic carbocycles. The molecule has 1 aromatic rings. The fourth-order valence-corrected chi connectivity index (χ4v) is 1.41. The molecule has 1 heterocycles. The van der Waals surface area contributed by atoms with E-state index in [1.165, 1.54) is 0 Å². The SMILES string of the molecule is N#Cc1ccnc(NC2CC=CC2)n1. The fraction of sp³-hybridized carbons (Fsp3) is 0.300. The lowest BCUT2D eigenvalue weighted by Crippen LogP contribution is -2.17. The van der Waals surface area contributed by atoms with Crippen LogP contribution in [0.25, 0.3) is 0 Å². The van der Waals surface area contributed by atoms with Crippen molar-refractivity contribution >= 4 is 5.95 Å². The van der Waals surface area contributed by atoms with Gasteiger partial charge in [0.2, 0.25) is 5.95 Å². The molecule has 0 aliphatic heterocycles. The summed E-state index contributed by atoms with van der Waals surface area (Å²) in [6.45, 7) is 0. The maximum Gasteiger partial charge on any atom is 0.224 e. The molecule has 0 spiro atoms. The quantitative estimate of drug-likeness (QED) is 0.710. The second kappa shape index (κ2) is 3.88. The fourth-order valence-electron chi connectivity index (χ4n) is 1.41. The van der Waals surface area contributed by atoms with E-state index in [1.54, 1.807) is 12.3 Å². The van der Waals surface area contributed by atoms with E-state index in [-0.39, 0.29) is 0 Å². The molecule has 14 heavy (non-hydrogen) atoms. The molecule has 4 nitrogen and oxygen atoms in total. The van der Waals surface area contributed by atoms with Gasteiger partial charge < -0.3 is 5.32 Å². The second-order valence-corrected chi connectivity index (χ2v) is 3.16. The average Bonchev–Trinajstić information content (AvgIpc) is 2.71. The monoisotopic (exact) mass is 186 g/mol. The van der Waals surface area contributed by atoms with E-state index in [2.05, 4.69) is 27.4 Å². The van der Waals surface area contributed by atoms with E-state index in [0.29, 0.717) is 17.7 Å². The van der Waals surface area contributed by atoms with Crippen molar-refractivity contribution in [1.29, 1.82) is 5.26 Å². The molecule has 0 fully saturated rings. The van der Waals surface area contributed by atoms with Gasteiger partial charge in [0.25, 0.3) is 0 Å². The Kier molecular flexibility index (Phi) is 2.41. The molecule has 4 heteroatoms. The summed E-state index contributed by atoms with van der Waals surface area (Å²) in [5, 5.41) is 11.8. The normalized spacial score (nSPS) is 15.4. The summed E-state index contributed by atoms with van der Waals surface area (Å²) in [5.74, 6) is 0.540. The third-order valence-electron chi connectivity index (χ3n) is 2.11. The van der Waals surface area contributed by atoms with Crippen molar-refractivity contribution < 1.29 is 0 Å². The number of anilines is 1. The van der Waals surface area contributed by atoms with Crippen molar-refractivity contribution in [3.8, 4) is 6.07 Å². The van der Waals surface area contributed by atoms with Gasteiger partial charge in [0.05, 0.1) is 0 Å². The standard InChI is InChI=1S/C10H10N4/c11-7-9-5-6-12-10(14-9)13-8-3-1-2-4-8/h1-2,5-6,8H,3-4H2,(H,12,13,14). The predicted molar refractivity (Wildman–Crippen MR) is 52.5 cm³/mol. The molecule has 0 saturated carbocycles. The zero-order valence-electron chi connectivity index (χ0n) is 7.64. The van der Waals surface area contributed by atoms with Crippen LogP contribution < -0.4 is 5.32 Å². The first-order valence-corrected chi connectivity index (χ1v) is 4.53. The Bertz CT molecular complexity index is 383. The summed E-state index contributed by atoms with van der Waals surface area (Å²) in [4.78, 5) is 8.09. The Morgan fingerprint density at radius 3 is 2.93 bits per heavy atom. The summed E-state index contributed by atoms with van der Waals surface area (Å²) in [5.41, 5.74) is 0.397. The second-order valence-electron chi connectivity index (χ2n) is 3.16. The molecule has 0 atom stereocenters. The highest BCUT2D eigenvalue weighted by molar-refractivity contribution is 5.32. The first-order chi connectivity index (χ1) is 6.88. The van der Waals surface area contributed by atoms with E-state index < -0.39 is 0 Å². The van der Waals surface area contributed by atoms with Crippen LogP contribution in [0.3, 0.4) is 0 Å². The van der Waals surface area contributed by atoms with Gasteiger partial charge in [-0.15, -0.1) is 0 Å². The maximum atomic E-state index is 8.64. The van der Waals surface area contributed by atoms with Crippen LogP contribution in [0.5, 0.6) is 0 Å². The van der Waals surface area contributed by atoms with E-state index in [4.69, 9.17) is 5.26 Å². The first kappa shape index (κ1) is 8.70. The van der Waals surface area contributed by atoms with Crippen LogP contribution >= 0.6 is 0 Å². The number of aromatic nitrogens is 2. The Labute approximate surface area is 82.3 Å². The minimum absolute atomic E-state index is 0.379. The van der Waals surface area contributed by atoms with Crippen molar-refractivity contribution in [2.45, 2.75) is 18.9 Å². The van der Waals surface area contributed by atoms with Crippen LogP contribution in [0.4, 0.5) is 5.95 Å². The van der Waals surface area contributed by atoms with E-state index in [9.17, 15) is 0 Å². The van der Waals surface area contributed by atoms with Gasteiger partial charge in [-0.25, -0.2) is 9.97 Å². The van der Waals surface area contributed by atoms with Gasteiger partial charge in [-0.3, -0.25) is 0 Å². The molecule has 0 unspecified atom stereocenters. The Balaban J connectivity index is 2.06. The average molecular weight is 186 g/mol. The van der Waals surface area contributed by atoms with Crippen LogP contribution in [0.15, 0.2) is 24.4 Å². The smallest absolute Gasteiger partial charge is 0.224 e. The van der Waals surface area contributed by atoms with Gasteiger partial charge in [0.1, 0.15) is 11.8 Å². The van der Waals surface area contributed by atoms with E-state index >= 15 is 0 Å². The summed E-state index contributed by atoms with van der Waals surface area (Å²) in [6.07, 6.45) is 7.86. The number of hydrogen-bond donors (Lipinski definition) is 1. The Hall–Kier alpha value is -1.89. The third kappa shape index (κ3) is 1.88. The molecule has 0 amide bonds. The largest absolute Gasteiger partial charge is 0.351 e. The van der Waals surface area contributed by atoms with Crippen molar-refractivity contribution in [3.05, 3.63) is 30.1 Å². The molecular weight excluding hydrogens is 176 g/mol. The molecule has 2 rings (SSSR count). The van der Waals surface area contributed by atoms with Gasteiger partial charge in [-0.2, -0.15) is 5.26 Å². The minimum atomic E-state index is 0.379. The number of nitrogens with one attached hydrogen (secondary N) is 1. The number of hydrogen-bond acceptors (Lipinski definition) is 4. The summed E-state index contributed by atoms with van der Waals surface area (Å²) < 4.78 is 0. The Morgan fingerprint density at radius 2 is 2.21 bits per heavy atom. The highest BCUT2D eigenvalue weighted by atomic mass is 15.1. The predicted octanol–water partition coefficient (Wildman–Crippen LogP) is 1.48. The zero-order valence-corrected chi connectivity index (χ0v) is 7.64. The van der Waals surface area contributed by atoms with Gasteiger partial charge in [-0.05, 0) is 18.9 Å². The van der Waals surface area contributed by atoms with Gasteiger partial charge in [0, 0.05) is 12.2 Å². The molecule has 70 valence electrons. The van der Waals surface area contributed by atoms with Crippen molar-refractivity contribution in [2.75, 3.05) is 5.32 Å². The van der Waals surface area contributed by atoms with E-state index in [1.807, 2.05) is 6.07 Å². The van der Waals surface area contributed by atoms with Gasteiger partial charge in [-0.1, -0.05) is 12.2 Å². The number of rotatable bonds is 2. The molecule has 1 N–H and O–H groups in total. The lowest BCUT2D eigenvalue weighted by Gasteiger charge is -2.10. The summed E-state index contributed by atoms with van der Waals surface area (Å²) >= 11 is 0. The van der Waals surface area contributed by atoms with Gasteiger partial charge in [0.15, 0.2) is 0 Å². The molecule has 0 bridgehead atoms. The first-order valence-electron chi connectivity index (χ1n) is 4.53. The van der Waals surface area contributed by atoms with Crippen molar-refractivity contribution in [3.63, 3.8) is 0 Å². The van der Waals surface area contributed by atoms with Crippen LogP contribution in [0.1, 0.15) is 18.5 Å². The zero-order chi connectivity index (χ0) is 9.80. The van der Waals surface area contributed by atoms with Crippen LogP contribution in [-0.2, 0) is 0 Å². The summed E-state index contributed by atoms with van der Waals surface area (Å²) in [6, 6.07) is 3.96. The van der Waals surface area contributed by atoms with Crippen LogP contribution in [0.2, 0.25) is 0 Å². The van der Waals surface area contributed by atoms with Crippen molar-refractivity contribution in [1.82, 2.24) is 9.97 Å². The van der Waals surface area contributed by atoms with Crippen LogP contribution in [0, 0.1) is 11.3 Å². The Morgan fingerprint density at radius 1 is 1.43 bits per heavy atom. The molecule has 1 aromatic heterocycles. The van der Waals surface area contributed by atoms with Crippen LogP contribution in [-0.4, -0.2) is 16.0 Å². The molecule has 0 saturated heterocycles. The lowest BCUT2D eigenvalue weighted by atomic mass is 10.2. The van der Waals surface area contributed by atoms with E-state index in [0.717, 1.165) is 12.8 Å². The molecular formula is C10H10N4. The number of nitriles is 1.